The molecule has 7 heteroatoms. The molecule has 3 atom stereocenters. The first kappa shape index (κ1) is 22.3. The lowest BCUT2D eigenvalue weighted by Gasteiger charge is -2.37. The van der Waals surface area contributed by atoms with Crippen LogP contribution in [-0.4, -0.2) is 61.6 Å². The molecule has 0 aromatic heterocycles. The lowest BCUT2D eigenvalue weighted by molar-refractivity contribution is -0.170. The molecule has 1 saturated heterocycles. The molecule has 0 aliphatic carbocycles. The van der Waals surface area contributed by atoms with Crippen LogP contribution in [0.2, 0.25) is 0 Å². The highest BCUT2D eigenvalue weighted by Crippen LogP contribution is 2.40. The largest absolute Gasteiger partial charge is 0.465 e. The fourth-order valence-electron chi connectivity index (χ4n) is 4.17. The van der Waals surface area contributed by atoms with Crippen molar-refractivity contribution in [2.24, 2.45) is 5.92 Å². The molecule has 0 spiro atoms. The van der Waals surface area contributed by atoms with Gasteiger partial charge in [-0.05, 0) is 56.4 Å². The molecule has 1 aromatic rings. The van der Waals surface area contributed by atoms with E-state index in [1.54, 1.807) is 12.1 Å². The molecule has 7 nitrogen and oxygen atoms in total. The summed E-state index contributed by atoms with van der Waals surface area (Å²) in [5.41, 5.74) is 1.43. The number of carbonyl (C=O) groups is 2. The highest BCUT2D eigenvalue weighted by atomic mass is 16.7. The van der Waals surface area contributed by atoms with Gasteiger partial charge < -0.3 is 24.2 Å². The number of carbonyl (C=O) groups excluding carboxylic acids is 2. The van der Waals surface area contributed by atoms with Gasteiger partial charge >= 0.3 is 5.97 Å². The van der Waals surface area contributed by atoms with Crippen LogP contribution in [0.15, 0.2) is 36.1 Å². The zero-order chi connectivity index (χ0) is 21.5. The van der Waals surface area contributed by atoms with E-state index in [9.17, 15) is 14.7 Å². The summed E-state index contributed by atoms with van der Waals surface area (Å²) in [6.45, 7) is 3.91. The smallest absolute Gasteiger partial charge is 0.337 e. The first-order valence-corrected chi connectivity index (χ1v) is 10.7. The van der Waals surface area contributed by atoms with Crippen molar-refractivity contribution < 1.29 is 28.9 Å². The second-order valence-electron chi connectivity index (χ2n) is 7.64. The third-order valence-corrected chi connectivity index (χ3v) is 5.73. The maximum atomic E-state index is 13.0. The van der Waals surface area contributed by atoms with Gasteiger partial charge in [0, 0.05) is 38.1 Å². The number of methoxy groups -OCH3 is 1. The number of allylic oxidation sites excluding steroid dienone is 1. The van der Waals surface area contributed by atoms with E-state index in [1.807, 2.05) is 30.0 Å². The van der Waals surface area contributed by atoms with Gasteiger partial charge in [-0.25, -0.2) is 4.79 Å². The molecule has 2 aliphatic heterocycles. The Bertz CT molecular complexity index is 753. The Kier molecular flexibility index (Phi) is 7.87. The van der Waals surface area contributed by atoms with E-state index in [1.165, 1.54) is 7.11 Å². The molecule has 0 saturated carbocycles. The fraction of sp³-hybridized carbons (Fsp3) is 0.565. The van der Waals surface area contributed by atoms with Crippen LogP contribution in [0.5, 0.6) is 0 Å². The van der Waals surface area contributed by atoms with Gasteiger partial charge in [0.15, 0.2) is 5.76 Å². The number of hydrogen-bond acceptors (Lipinski definition) is 6. The first-order chi connectivity index (χ1) is 14.6. The van der Waals surface area contributed by atoms with Gasteiger partial charge in [0.1, 0.15) is 0 Å². The predicted octanol–water partition coefficient (Wildman–Crippen LogP) is 2.84. The zero-order valence-electron chi connectivity index (χ0n) is 17.7. The summed E-state index contributed by atoms with van der Waals surface area (Å²) in [6, 6.07) is 7.22. The first-order valence-electron chi connectivity index (χ1n) is 10.7. The molecular formula is C23H31NO6. The number of amides is 1. The van der Waals surface area contributed by atoms with Crippen LogP contribution >= 0.6 is 0 Å². The molecule has 2 aliphatic rings. The predicted molar refractivity (Wildman–Crippen MR) is 111 cm³/mol. The van der Waals surface area contributed by atoms with Crippen molar-refractivity contribution in [1.82, 2.24) is 4.90 Å². The minimum absolute atomic E-state index is 0.0591. The molecule has 0 radical (unpaired) electrons. The molecule has 1 amide bonds. The third-order valence-electron chi connectivity index (χ3n) is 5.73. The highest BCUT2D eigenvalue weighted by molar-refractivity contribution is 5.92. The van der Waals surface area contributed by atoms with E-state index in [0.717, 1.165) is 31.5 Å². The number of likely N-dealkylation sites (tertiary alicyclic amines) is 1. The molecule has 164 valence electrons. The Morgan fingerprint density at radius 3 is 2.50 bits per heavy atom. The number of esters is 1. The van der Waals surface area contributed by atoms with E-state index < -0.39 is 12.3 Å². The lowest BCUT2D eigenvalue weighted by atomic mass is 9.80. The summed E-state index contributed by atoms with van der Waals surface area (Å²) in [6.07, 6.45) is 4.62. The van der Waals surface area contributed by atoms with Crippen LogP contribution < -0.4 is 0 Å². The number of aliphatic hydroxyl groups is 1. The minimum atomic E-state index is -0.571. The number of nitrogens with zero attached hydrogens (tertiary/aromatic N) is 1. The van der Waals surface area contributed by atoms with Crippen molar-refractivity contribution in [3.63, 3.8) is 0 Å². The van der Waals surface area contributed by atoms with E-state index >= 15 is 0 Å². The van der Waals surface area contributed by atoms with Gasteiger partial charge in [-0.3, -0.25) is 4.79 Å². The van der Waals surface area contributed by atoms with Gasteiger partial charge in [0.25, 0.3) is 5.91 Å². The summed E-state index contributed by atoms with van der Waals surface area (Å²) in [7, 11) is 1.35. The van der Waals surface area contributed by atoms with Crippen molar-refractivity contribution in [3.05, 3.63) is 47.2 Å². The average molecular weight is 418 g/mol. The van der Waals surface area contributed by atoms with Crippen molar-refractivity contribution in [2.75, 3.05) is 33.4 Å². The lowest BCUT2D eigenvalue weighted by Crippen LogP contribution is -2.39. The van der Waals surface area contributed by atoms with Crippen LogP contribution in [0.3, 0.4) is 0 Å². The average Bonchev–Trinajstić information content (AvgIpc) is 3.32. The van der Waals surface area contributed by atoms with Crippen LogP contribution in [-0.2, 0) is 19.0 Å². The maximum absolute atomic E-state index is 13.0. The number of aliphatic hydroxyl groups excluding tert-OH is 1. The van der Waals surface area contributed by atoms with E-state index in [-0.39, 0.29) is 24.3 Å². The minimum Gasteiger partial charge on any atom is -0.465 e. The summed E-state index contributed by atoms with van der Waals surface area (Å²) in [5, 5.41) is 9.37. The van der Waals surface area contributed by atoms with E-state index in [2.05, 4.69) is 0 Å². The van der Waals surface area contributed by atoms with Crippen molar-refractivity contribution in [1.29, 1.82) is 0 Å². The highest BCUT2D eigenvalue weighted by Gasteiger charge is 2.39. The van der Waals surface area contributed by atoms with E-state index in [4.69, 9.17) is 14.2 Å². The second kappa shape index (κ2) is 10.6. The molecule has 0 bridgehead atoms. The number of ether oxygens (including phenoxy) is 3. The Hall–Kier alpha value is -2.38. The molecule has 0 unspecified atom stereocenters. The molecule has 1 fully saturated rings. The van der Waals surface area contributed by atoms with Crippen LogP contribution in [0.4, 0.5) is 0 Å². The van der Waals surface area contributed by atoms with Crippen molar-refractivity contribution >= 4 is 11.9 Å². The molecule has 1 N–H and O–H groups in total. The number of benzene rings is 1. The summed E-state index contributed by atoms with van der Waals surface area (Å²) in [5.74, 6) is -0.365. The Morgan fingerprint density at radius 2 is 1.90 bits per heavy atom. The van der Waals surface area contributed by atoms with Gasteiger partial charge in [-0.2, -0.15) is 0 Å². The molecular weight excluding hydrogens is 386 g/mol. The van der Waals surface area contributed by atoms with Gasteiger partial charge in [-0.1, -0.05) is 12.1 Å². The Labute approximate surface area is 177 Å². The Balaban J connectivity index is 1.94. The maximum Gasteiger partial charge on any atom is 0.337 e. The third kappa shape index (κ3) is 5.02. The normalized spacial score (nSPS) is 23.6. The quantitative estimate of drug-likeness (QED) is 0.655. The van der Waals surface area contributed by atoms with Gasteiger partial charge in [0.05, 0.1) is 12.7 Å². The fourth-order valence-corrected chi connectivity index (χ4v) is 4.17. The monoisotopic (exact) mass is 417 g/mol. The summed E-state index contributed by atoms with van der Waals surface area (Å²) >= 11 is 0. The molecule has 3 rings (SSSR count). The zero-order valence-corrected chi connectivity index (χ0v) is 17.7. The van der Waals surface area contributed by atoms with Crippen LogP contribution in [0, 0.1) is 5.92 Å². The second-order valence-corrected chi connectivity index (χ2v) is 7.64. The summed E-state index contributed by atoms with van der Waals surface area (Å²) < 4.78 is 16.7. The SMILES string of the molecule is CCO[C@@H]1OC(C(=O)N2CCCC2)=C[C@H](c2ccc(C(=O)OC)cc2)[C@@H]1CCCO. The molecule has 30 heavy (non-hydrogen) atoms. The van der Waals surface area contributed by atoms with Gasteiger partial charge in [-0.15, -0.1) is 0 Å². The topological polar surface area (TPSA) is 85.3 Å². The van der Waals surface area contributed by atoms with E-state index in [0.29, 0.717) is 30.8 Å². The van der Waals surface area contributed by atoms with Crippen LogP contribution in [0.1, 0.15) is 54.4 Å². The van der Waals surface area contributed by atoms with Gasteiger partial charge in [0.2, 0.25) is 6.29 Å². The number of rotatable bonds is 8. The summed E-state index contributed by atoms with van der Waals surface area (Å²) in [4.78, 5) is 26.6. The standard InChI is InChI=1S/C23H31NO6/c1-3-29-23-18(7-6-14-25)19(16-8-10-17(11-9-16)22(27)28-2)15-20(30-23)21(26)24-12-4-5-13-24/h8-11,15,18-19,23,25H,3-7,12-14H2,1-2H3/t18-,19+,23+/m0/s1. The molecule has 1 aromatic carbocycles. The van der Waals surface area contributed by atoms with Crippen molar-refractivity contribution in [2.45, 2.75) is 44.8 Å². The number of hydrogen-bond donors (Lipinski definition) is 1. The molecule has 2 heterocycles. The Morgan fingerprint density at radius 1 is 1.20 bits per heavy atom. The van der Waals surface area contributed by atoms with Crippen LogP contribution in [0.25, 0.3) is 0 Å². The van der Waals surface area contributed by atoms with Crippen molar-refractivity contribution in [3.8, 4) is 0 Å².